The van der Waals surface area contributed by atoms with Gasteiger partial charge < -0.3 is 9.47 Å². The smallest absolute Gasteiger partial charge is 0.331 e. The van der Waals surface area contributed by atoms with Gasteiger partial charge in [-0.25, -0.2) is 13.2 Å². The quantitative estimate of drug-likeness (QED) is 0.325. The zero-order chi connectivity index (χ0) is 23.8. The fraction of sp³-hybridized carbons (Fsp3) is 0.360. The summed E-state index contributed by atoms with van der Waals surface area (Å²) >= 11 is 0. The molecular weight excluding hydrogens is 442 g/mol. The van der Waals surface area contributed by atoms with E-state index >= 15 is 0 Å². The predicted molar refractivity (Wildman–Crippen MR) is 125 cm³/mol. The summed E-state index contributed by atoms with van der Waals surface area (Å²) in [5, 5.41) is 0. The number of sulfonamides is 1. The second-order valence-corrected chi connectivity index (χ2v) is 9.85. The Balaban J connectivity index is 1.61. The maximum atomic E-state index is 12.9. The molecule has 33 heavy (non-hydrogen) atoms. The molecule has 7 nitrogen and oxygen atoms in total. The number of carbonyl (C=O) groups is 2. The molecule has 1 aliphatic rings. The summed E-state index contributed by atoms with van der Waals surface area (Å²) in [5.74, 6) is -0.129. The minimum absolute atomic E-state index is 0.0412. The van der Waals surface area contributed by atoms with Crippen LogP contribution in [0.3, 0.4) is 0 Å². The minimum atomic E-state index is -3.51. The van der Waals surface area contributed by atoms with E-state index in [1.165, 1.54) is 20.1 Å². The molecule has 1 aliphatic heterocycles. The predicted octanol–water partition coefficient (Wildman–Crippen LogP) is 4.22. The zero-order valence-corrected chi connectivity index (χ0v) is 19.8. The number of ether oxygens (including phenoxy) is 2. The average molecular weight is 472 g/mol. The van der Waals surface area contributed by atoms with Crippen LogP contribution in [0.1, 0.15) is 54.1 Å². The van der Waals surface area contributed by atoms with Crippen molar-refractivity contribution >= 4 is 27.9 Å². The SMILES string of the molecule is COc1ccc(C(C)=O)cc1COC(=O)/C=C/c1ccc(S(=O)(=O)N2CCCCCC2)cc1. The highest BCUT2D eigenvalue weighted by molar-refractivity contribution is 7.89. The Morgan fingerprint density at radius 3 is 2.27 bits per heavy atom. The second-order valence-electron chi connectivity index (χ2n) is 7.91. The largest absolute Gasteiger partial charge is 0.496 e. The number of ketones is 1. The number of rotatable bonds is 8. The van der Waals surface area contributed by atoms with Gasteiger partial charge in [-0.1, -0.05) is 25.0 Å². The van der Waals surface area contributed by atoms with Crippen LogP contribution >= 0.6 is 0 Å². The highest BCUT2D eigenvalue weighted by Crippen LogP contribution is 2.22. The van der Waals surface area contributed by atoms with Crippen LogP contribution in [0.5, 0.6) is 5.75 Å². The highest BCUT2D eigenvalue weighted by Gasteiger charge is 2.24. The van der Waals surface area contributed by atoms with Crippen molar-refractivity contribution in [1.82, 2.24) is 4.31 Å². The molecule has 1 fully saturated rings. The van der Waals surface area contributed by atoms with Crippen LogP contribution in [0.15, 0.2) is 53.4 Å². The number of benzene rings is 2. The molecule has 1 heterocycles. The van der Waals surface area contributed by atoms with Gasteiger partial charge in [0, 0.05) is 30.3 Å². The molecule has 1 saturated heterocycles. The van der Waals surface area contributed by atoms with Gasteiger partial charge in [-0.15, -0.1) is 0 Å². The summed E-state index contributed by atoms with van der Waals surface area (Å²) in [6, 6.07) is 11.4. The Bertz CT molecular complexity index is 1110. The normalized spacial score (nSPS) is 15.2. The summed E-state index contributed by atoms with van der Waals surface area (Å²) in [7, 11) is -2.00. The molecular formula is C25H29NO6S. The molecule has 2 aromatic carbocycles. The van der Waals surface area contributed by atoms with E-state index in [1.54, 1.807) is 52.8 Å². The number of nitrogens with zero attached hydrogens (tertiary/aromatic N) is 1. The molecule has 0 N–H and O–H groups in total. The van der Waals surface area contributed by atoms with Crippen molar-refractivity contribution in [1.29, 1.82) is 0 Å². The first-order valence-electron chi connectivity index (χ1n) is 10.9. The minimum Gasteiger partial charge on any atom is -0.496 e. The van der Waals surface area contributed by atoms with Gasteiger partial charge in [-0.2, -0.15) is 4.31 Å². The van der Waals surface area contributed by atoms with Crippen LogP contribution in [0, 0.1) is 0 Å². The number of esters is 1. The van der Waals surface area contributed by atoms with Gasteiger partial charge in [0.15, 0.2) is 5.78 Å². The van der Waals surface area contributed by atoms with Gasteiger partial charge in [0.05, 0.1) is 12.0 Å². The zero-order valence-electron chi connectivity index (χ0n) is 19.0. The molecule has 8 heteroatoms. The van der Waals surface area contributed by atoms with E-state index < -0.39 is 16.0 Å². The Morgan fingerprint density at radius 1 is 1.00 bits per heavy atom. The maximum absolute atomic E-state index is 12.9. The third kappa shape index (κ3) is 6.52. The molecule has 0 radical (unpaired) electrons. The van der Waals surface area contributed by atoms with Crippen molar-refractivity contribution in [3.05, 3.63) is 65.2 Å². The van der Waals surface area contributed by atoms with E-state index in [-0.39, 0.29) is 17.3 Å². The van der Waals surface area contributed by atoms with Gasteiger partial charge in [0.1, 0.15) is 12.4 Å². The Morgan fingerprint density at radius 2 is 1.67 bits per heavy atom. The van der Waals surface area contributed by atoms with E-state index in [1.807, 2.05) is 0 Å². The van der Waals surface area contributed by atoms with Crippen LogP contribution in [0.4, 0.5) is 0 Å². The van der Waals surface area contributed by atoms with Crippen LogP contribution in [0.2, 0.25) is 0 Å². The average Bonchev–Trinajstić information content (AvgIpc) is 3.11. The molecule has 0 unspecified atom stereocenters. The number of hydrogen-bond acceptors (Lipinski definition) is 6. The molecule has 0 saturated carbocycles. The number of methoxy groups -OCH3 is 1. The molecule has 3 rings (SSSR count). The summed E-state index contributed by atoms with van der Waals surface area (Å²) in [6.07, 6.45) is 6.72. The standard InChI is InChI=1S/C25H29NO6S/c1-19(27)21-10-13-24(31-2)22(17-21)18-32-25(28)14-9-20-7-11-23(12-8-20)33(29,30)26-15-5-3-4-6-16-26/h7-14,17H,3-6,15-16,18H2,1-2H3/b14-9+. The highest BCUT2D eigenvalue weighted by atomic mass is 32.2. The lowest BCUT2D eigenvalue weighted by atomic mass is 10.1. The van der Waals surface area contributed by atoms with Crippen molar-refractivity contribution < 1.29 is 27.5 Å². The lowest BCUT2D eigenvalue weighted by Crippen LogP contribution is -2.31. The second kappa shape index (κ2) is 11.2. The third-order valence-corrected chi connectivity index (χ3v) is 7.46. The summed E-state index contributed by atoms with van der Waals surface area (Å²) < 4.78 is 37.8. The lowest BCUT2D eigenvalue weighted by molar-refractivity contribution is -0.138. The molecule has 0 aromatic heterocycles. The Hall–Kier alpha value is -2.97. The maximum Gasteiger partial charge on any atom is 0.331 e. The van der Waals surface area contributed by atoms with E-state index in [9.17, 15) is 18.0 Å². The first-order valence-corrected chi connectivity index (χ1v) is 12.4. The van der Waals surface area contributed by atoms with Gasteiger partial charge in [0.25, 0.3) is 0 Å². The monoisotopic (exact) mass is 471 g/mol. The number of Topliss-reactive ketones (excluding diaryl/α,β-unsaturated/α-hetero) is 1. The van der Waals surface area contributed by atoms with Crippen LogP contribution in [-0.2, 0) is 26.2 Å². The molecule has 0 atom stereocenters. The van der Waals surface area contributed by atoms with Crippen molar-refractivity contribution in [2.45, 2.75) is 44.1 Å². The molecule has 176 valence electrons. The first-order chi connectivity index (χ1) is 15.8. The molecule has 2 aromatic rings. The summed E-state index contributed by atoms with van der Waals surface area (Å²) in [4.78, 5) is 24.0. The fourth-order valence-corrected chi connectivity index (χ4v) is 5.17. The molecule has 0 bridgehead atoms. The first kappa shape index (κ1) is 24.7. The third-order valence-electron chi connectivity index (χ3n) is 5.55. The van der Waals surface area contributed by atoms with Crippen LogP contribution < -0.4 is 4.74 Å². The van der Waals surface area contributed by atoms with Crippen LogP contribution in [-0.4, -0.2) is 44.7 Å². The van der Waals surface area contributed by atoms with E-state index in [4.69, 9.17) is 9.47 Å². The molecule has 0 amide bonds. The Labute approximate surface area is 195 Å². The van der Waals surface area contributed by atoms with Gasteiger partial charge in [-0.3, -0.25) is 4.79 Å². The number of carbonyl (C=O) groups excluding carboxylic acids is 2. The summed E-state index contributed by atoms with van der Waals surface area (Å²) in [6.45, 7) is 2.52. The van der Waals surface area contributed by atoms with Gasteiger partial charge in [-0.05, 0) is 61.7 Å². The fourth-order valence-electron chi connectivity index (χ4n) is 3.65. The van der Waals surface area contributed by atoms with Crippen molar-refractivity contribution in [2.24, 2.45) is 0 Å². The van der Waals surface area contributed by atoms with E-state index in [0.29, 0.717) is 35.5 Å². The summed E-state index contributed by atoms with van der Waals surface area (Å²) in [5.41, 5.74) is 1.78. The van der Waals surface area contributed by atoms with E-state index in [0.717, 1.165) is 25.7 Å². The van der Waals surface area contributed by atoms with Crippen LogP contribution in [0.25, 0.3) is 6.08 Å². The Kier molecular flexibility index (Phi) is 8.41. The van der Waals surface area contributed by atoms with Crippen molar-refractivity contribution in [3.63, 3.8) is 0 Å². The molecule has 0 spiro atoms. The van der Waals surface area contributed by atoms with E-state index in [2.05, 4.69) is 0 Å². The van der Waals surface area contributed by atoms with Gasteiger partial charge in [0.2, 0.25) is 10.0 Å². The molecule has 0 aliphatic carbocycles. The van der Waals surface area contributed by atoms with Gasteiger partial charge >= 0.3 is 5.97 Å². The lowest BCUT2D eigenvalue weighted by Gasteiger charge is -2.19. The van der Waals surface area contributed by atoms with Crippen molar-refractivity contribution in [3.8, 4) is 5.75 Å². The van der Waals surface area contributed by atoms with Crippen molar-refractivity contribution in [2.75, 3.05) is 20.2 Å². The topological polar surface area (TPSA) is 90.0 Å². The number of hydrogen-bond donors (Lipinski definition) is 0.